The van der Waals surface area contributed by atoms with E-state index in [0.717, 1.165) is 5.69 Å². The largest absolute Gasteiger partial charge is 0.330 e. The Morgan fingerprint density at radius 1 is 0.348 bits per heavy atom. The summed E-state index contributed by atoms with van der Waals surface area (Å²) in [6.45, 7) is 14.0. The van der Waals surface area contributed by atoms with Gasteiger partial charge in [0.15, 0.2) is 0 Å². The molecule has 3 heterocycles. The topological polar surface area (TPSA) is 11.4 Å². The number of benzene rings is 11. The lowest BCUT2D eigenvalue weighted by atomic mass is 9.33. The predicted molar refractivity (Wildman–Crippen MR) is 299 cm³/mol. The first kappa shape index (κ1) is 40.3. The lowest BCUT2D eigenvalue weighted by molar-refractivity contribution is 0.590. The zero-order chi connectivity index (χ0) is 46.7. The van der Waals surface area contributed by atoms with Gasteiger partial charge in [-0.05, 0) is 152 Å². The quantitative estimate of drug-likeness (QED) is 0.127. The normalized spacial score (nSPS) is 13.6. The molecule has 330 valence electrons. The fourth-order valence-corrected chi connectivity index (χ4v) is 12.5. The van der Waals surface area contributed by atoms with Crippen LogP contribution in [-0.2, 0) is 17.9 Å². The van der Waals surface area contributed by atoms with Crippen molar-refractivity contribution in [2.24, 2.45) is 7.05 Å². The molecule has 2 aliphatic heterocycles. The second kappa shape index (κ2) is 14.1. The van der Waals surface area contributed by atoms with Crippen molar-refractivity contribution in [1.29, 1.82) is 0 Å². The first-order valence-corrected chi connectivity index (χ1v) is 24.6. The average Bonchev–Trinajstić information content (AvgIpc) is 3.66. The van der Waals surface area contributed by atoms with E-state index in [9.17, 15) is 0 Å². The van der Waals surface area contributed by atoms with Crippen LogP contribution in [0.4, 0.5) is 34.3 Å². The number of hydrogen-bond acceptors (Lipinski definition) is 2. The van der Waals surface area contributed by atoms with Crippen molar-refractivity contribution < 1.29 is 0 Å². The maximum absolute atomic E-state index is 2.64. The van der Waals surface area contributed by atoms with Gasteiger partial charge in [0.05, 0.1) is 5.69 Å². The Hall–Kier alpha value is -7.82. The van der Waals surface area contributed by atoms with Gasteiger partial charge in [0.2, 0.25) is 0 Å². The van der Waals surface area contributed by atoms with Crippen molar-refractivity contribution in [2.75, 3.05) is 9.80 Å². The molecular weight excluding hydrogens is 834 g/mol. The number of fused-ring (bicyclic) bond motifs is 18. The summed E-state index contributed by atoms with van der Waals surface area (Å²) in [5.74, 6) is 1.22. The summed E-state index contributed by atoms with van der Waals surface area (Å²) in [6, 6.07) is 71.7. The van der Waals surface area contributed by atoms with E-state index in [4.69, 9.17) is 0 Å². The molecule has 4 heteroatoms. The Labute approximate surface area is 403 Å². The van der Waals surface area contributed by atoms with E-state index in [2.05, 4.69) is 251 Å². The van der Waals surface area contributed by atoms with Crippen LogP contribution in [0.2, 0.25) is 0 Å². The average molecular weight is 886 g/mol. The maximum Gasteiger partial charge on any atom is 0.255 e. The van der Waals surface area contributed by atoms with Crippen LogP contribution in [0, 0.1) is 0 Å². The Morgan fingerprint density at radius 3 is 1.41 bits per heavy atom. The second-order valence-electron chi connectivity index (χ2n) is 21.7. The minimum absolute atomic E-state index is 0.0316. The molecule has 0 N–H and O–H groups in total. The number of aromatic nitrogens is 1. The molecule has 0 amide bonds. The highest BCUT2D eigenvalue weighted by Crippen LogP contribution is 2.50. The van der Waals surface area contributed by atoms with Crippen LogP contribution >= 0.6 is 0 Å². The van der Waals surface area contributed by atoms with E-state index in [0.29, 0.717) is 0 Å². The molecule has 69 heavy (non-hydrogen) atoms. The lowest BCUT2D eigenvalue weighted by Gasteiger charge is -2.44. The summed E-state index contributed by atoms with van der Waals surface area (Å²) >= 11 is 0. The molecule has 0 fully saturated rings. The van der Waals surface area contributed by atoms with Crippen LogP contribution in [0.1, 0.15) is 52.7 Å². The van der Waals surface area contributed by atoms with Crippen molar-refractivity contribution in [3.8, 4) is 0 Å². The van der Waals surface area contributed by atoms with Gasteiger partial charge in [0, 0.05) is 40.7 Å². The van der Waals surface area contributed by atoms with Gasteiger partial charge in [-0.3, -0.25) is 4.90 Å². The third-order valence-corrected chi connectivity index (χ3v) is 15.8. The standard InChI is InChI=1S/C65H52BN3/c1-64(2,3)39-30-34-55-53(36-39)61-63(67(55)7)69(57-27-16-26-51-47-22-12-10-21-45(47)46-23-14-15-25-50(46)60(51)57)59-29-17-28-58-62(59)66(61)54-37-40(65(4,5)6)31-35-56(54)68(58)41-32-33-49-44-20-9-8-18-42(44)43-19-11-13-24-48(43)52(49)38-41/h8-38H,1-7H3. The van der Waals surface area contributed by atoms with Gasteiger partial charge in [-0.15, -0.1) is 0 Å². The van der Waals surface area contributed by atoms with Gasteiger partial charge in [0.25, 0.3) is 6.71 Å². The number of hydrogen-bond donors (Lipinski definition) is 0. The number of nitrogens with zero attached hydrogens (tertiary/aromatic N) is 3. The summed E-state index contributed by atoms with van der Waals surface area (Å²) in [6.07, 6.45) is 0. The second-order valence-corrected chi connectivity index (χ2v) is 21.7. The van der Waals surface area contributed by atoms with Crippen LogP contribution in [0.15, 0.2) is 188 Å². The Kier molecular flexibility index (Phi) is 8.24. The third kappa shape index (κ3) is 5.57. The molecule has 0 spiro atoms. The van der Waals surface area contributed by atoms with Crippen molar-refractivity contribution in [1.82, 2.24) is 4.57 Å². The molecule has 0 radical (unpaired) electrons. The first-order valence-electron chi connectivity index (χ1n) is 24.6. The van der Waals surface area contributed by atoms with Gasteiger partial charge < -0.3 is 9.47 Å². The van der Waals surface area contributed by atoms with E-state index in [-0.39, 0.29) is 17.5 Å². The van der Waals surface area contributed by atoms with Gasteiger partial charge in [-0.2, -0.15) is 0 Å². The molecule has 14 rings (SSSR count). The number of rotatable bonds is 2. The molecule has 0 saturated carbocycles. The van der Waals surface area contributed by atoms with Gasteiger partial charge >= 0.3 is 0 Å². The highest BCUT2D eigenvalue weighted by Gasteiger charge is 2.46. The highest BCUT2D eigenvalue weighted by atomic mass is 15.3. The minimum Gasteiger partial charge on any atom is -0.330 e. The highest BCUT2D eigenvalue weighted by molar-refractivity contribution is 7.01. The Balaban J connectivity index is 1.13. The summed E-state index contributed by atoms with van der Waals surface area (Å²) < 4.78 is 2.49. The van der Waals surface area contributed by atoms with E-state index in [1.165, 1.54) is 132 Å². The molecule has 0 atom stereocenters. The molecule has 0 aliphatic carbocycles. The Morgan fingerprint density at radius 2 is 0.812 bits per heavy atom. The van der Waals surface area contributed by atoms with E-state index in [1.54, 1.807) is 0 Å². The smallest absolute Gasteiger partial charge is 0.255 e. The summed E-state index contributed by atoms with van der Waals surface area (Å²) in [5, 5.41) is 16.6. The molecule has 3 nitrogen and oxygen atoms in total. The number of aryl methyl sites for hydroxylation is 1. The monoisotopic (exact) mass is 885 g/mol. The molecule has 2 aliphatic rings. The van der Waals surface area contributed by atoms with Crippen molar-refractivity contribution in [3.05, 3.63) is 199 Å². The molecular formula is C65H52BN3. The van der Waals surface area contributed by atoms with Crippen LogP contribution in [0.25, 0.3) is 75.5 Å². The summed E-state index contributed by atoms with van der Waals surface area (Å²) in [7, 11) is 2.29. The Bertz CT molecular complexity index is 4120. The van der Waals surface area contributed by atoms with Crippen LogP contribution < -0.4 is 26.2 Å². The van der Waals surface area contributed by atoms with E-state index < -0.39 is 0 Å². The molecule has 0 bridgehead atoms. The fraction of sp³-hybridized carbons (Fsp3) is 0.138. The molecule has 0 unspecified atom stereocenters. The van der Waals surface area contributed by atoms with E-state index >= 15 is 0 Å². The maximum atomic E-state index is 2.64. The molecule has 11 aromatic carbocycles. The summed E-state index contributed by atoms with van der Waals surface area (Å²) in [5.41, 5.74) is 13.9. The van der Waals surface area contributed by atoms with Gasteiger partial charge in [-0.1, -0.05) is 181 Å². The SMILES string of the molecule is Cn1c2c(c3cc(C(C)(C)C)ccc31)B1c3cc(C(C)(C)C)ccc3N(c3ccc4c5ccccc5c5ccccc5c4c3)c3cccc(c31)N2c1cccc2c3ccccc3c3ccccc3c12. The summed E-state index contributed by atoms with van der Waals surface area (Å²) in [4.78, 5) is 5.23. The van der Waals surface area contributed by atoms with Crippen molar-refractivity contribution >= 4 is 133 Å². The van der Waals surface area contributed by atoms with Gasteiger partial charge in [-0.25, -0.2) is 0 Å². The van der Waals surface area contributed by atoms with Crippen LogP contribution in [0.3, 0.4) is 0 Å². The fourth-order valence-electron chi connectivity index (χ4n) is 12.5. The third-order valence-electron chi connectivity index (χ3n) is 15.8. The zero-order valence-electron chi connectivity index (χ0n) is 40.3. The van der Waals surface area contributed by atoms with Crippen LogP contribution in [-0.4, -0.2) is 11.3 Å². The van der Waals surface area contributed by atoms with Crippen molar-refractivity contribution in [3.63, 3.8) is 0 Å². The predicted octanol–water partition coefficient (Wildman–Crippen LogP) is 15.8. The van der Waals surface area contributed by atoms with E-state index in [1.807, 2.05) is 0 Å². The van der Waals surface area contributed by atoms with Crippen molar-refractivity contribution in [2.45, 2.75) is 52.4 Å². The van der Waals surface area contributed by atoms with Crippen LogP contribution in [0.5, 0.6) is 0 Å². The minimum atomic E-state index is -0.0585. The zero-order valence-corrected chi connectivity index (χ0v) is 40.3. The first-order chi connectivity index (χ1) is 33.5. The van der Waals surface area contributed by atoms with Gasteiger partial charge in [0.1, 0.15) is 5.82 Å². The lowest BCUT2D eigenvalue weighted by Crippen LogP contribution is -2.61. The molecule has 1 aromatic heterocycles. The molecule has 12 aromatic rings. The molecule has 0 saturated heterocycles. The number of anilines is 6.